The average Bonchev–Trinajstić information content (AvgIpc) is 2.27. The maximum Gasteiger partial charge on any atom is 0.247 e. The number of halogens is 2. The van der Waals surface area contributed by atoms with E-state index in [4.69, 9.17) is 5.73 Å². The zero-order chi connectivity index (χ0) is 12.0. The molecule has 0 heterocycles. The lowest BCUT2D eigenvalue weighted by Crippen LogP contribution is -2.06. The van der Waals surface area contributed by atoms with Crippen LogP contribution in [0.2, 0.25) is 0 Å². The Kier molecular flexibility index (Phi) is 5.73. The monoisotopic (exact) mass is 247 g/mol. The number of alkyl halides is 2. The third-order valence-electron chi connectivity index (χ3n) is 2.08. The summed E-state index contributed by atoms with van der Waals surface area (Å²) in [6, 6.07) is 6.96. The number of aliphatic hydroxyl groups is 1. The summed E-state index contributed by atoms with van der Waals surface area (Å²) in [5, 5.41) is 9.62. The van der Waals surface area contributed by atoms with Crippen LogP contribution in [-0.4, -0.2) is 23.8 Å². The molecule has 0 amide bonds. The maximum atomic E-state index is 12.0. The van der Waals surface area contributed by atoms with Gasteiger partial charge in [0.2, 0.25) is 6.43 Å². The first-order chi connectivity index (χ1) is 7.63. The van der Waals surface area contributed by atoms with Gasteiger partial charge in [-0.3, -0.25) is 0 Å². The van der Waals surface area contributed by atoms with E-state index in [9.17, 15) is 13.9 Å². The standard InChI is InChI=1S/C11H15F2NOS/c12-11(13)7-16-9-3-1-8(2-4-9)10(15)5-6-14/h1-4,10-11,15H,5-7,14H2. The summed E-state index contributed by atoms with van der Waals surface area (Å²) in [7, 11) is 0. The van der Waals surface area contributed by atoms with Crippen LogP contribution in [0.4, 0.5) is 8.78 Å². The van der Waals surface area contributed by atoms with Crippen molar-refractivity contribution in [2.24, 2.45) is 5.73 Å². The van der Waals surface area contributed by atoms with Crippen LogP contribution in [0.5, 0.6) is 0 Å². The fraction of sp³-hybridized carbons (Fsp3) is 0.455. The predicted octanol–water partition coefficient (Wildman–Crippen LogP) is 2.43. The zero-order valence-corrected chi connectivity index (χ0v) is 9.59. The summed E-state index contributed by atoms with van der Waals surface area (Å²) in [5.74, 6) is -0.204. The lowest BCUT2D eigenvalue weighted by molar-refractivity contribution is 0.170. The molecule has 1 rings (SSSR count). The third-order valence-corrected chi connectivity index (χ3v) is 3.11. The van der Waals surface area contributed by atoms with Crippen LogP contribution in [0, 0.1) is 0 Å². The van der Waals surface area contributed by atoms with Crippen molar-refractivity contribution in [1.82, 2.24) is 0 Å². The molecule has 0 aromatic heterocycles. The van der Waals surface area contributed by atoms with Gasteiger partial charge in [-0.1, -0.05) is 12.1 Å². The number of aliphatic hydroxyl groups excluding tert-OH is 1. The van der Waals surface area contributed by atoms with Crippen molar-refractivity contribution in [3.63, 3.8) is 0 Å². The van der Waals surface area contributed by atoms with Crippen LogP contribution in [0.1, 0.15) is 18.1 Å². The minimum absolute atomic E-state index is 0.204. The molecule has 0 aliphatic heterocycles. The molecule has 0 saturated heterocycles. The van der Waals surface area contributed by atoms with Crippen molar-refractivity contribution < 1.29 is 13.9 Å². The molecule has 3 N–H and O–H groups in total. The largest absolute Gasteiger partial charge is 0.388 e. The molecule has 1 aromatic carbocycles. The van der Waals surface area contributed by atoms with E-state index in [-0.39, 0.29) is 5.75 Å². The Morgan fingerprint density at radius 3 is 2.38 bits per heavy atom. The fourth-order valence-corrected chi connectivity index (χ4v) is 1.92. The third kappa shape index (κ3) is 4.47. The molecule has 0 fully saturated rings. The number of nitrogens with two attached hydrogens (primary N) is 1. The molecule has 0 aliphatic carbocycles. The van der Waals surface area contributed by atoms with Crippen molar-refractivity contribution >= 4 is 11.8 Å². The van der Waals surface area contributed by atoms with E-state index >= 15 is 0 Å². The van der Waals surface area contributed by atoms with Crippen LogP contribution >= 0.6 is 11.8 Å². The van der Waals surface area contributed by atoms with Gasteiger partial charge in [-0.05, 0) is 30.7 Å². The molecule has 90 valence electrons. The first kappa shape index (κ1) is 13.4. The van der Waals surface area contributed by atoms with Gasteiger partial charge < -0.3 is 10.8 Å². The number of rotatable bonds is 6. The van der Waals surface area contributed by atoms with E-state index in [0.29, 0.717) is 13.0 Å². The minimum atomic E-state index is -2.30. The normalized spacial score (nSPS) is 13.1. The first-order valence-electron chi connectivity index (χ1n) is 5.02. The van der Waals surface area contributed by atoms with Gasteiger partial charge in [-0.25, -0.2) is 8.78 Å². The van der Waals surface area contributed by atoms with Gasteiger partial charge in [-0.15, -0.1) is 11.8 Å². The number of thioether (sulfide) groups is 1. The highest BCUT2D eigenvalue weighted by atomic mass is 32.2. The summed E-state index contributed by atoms with van der Waals surface area (Å²) in [4.78, 5) is 0.781. The number of benzene rings is 1. The van der Waals surface area contributed by atoms with Gasteiger partial charge in [0.15, 0.2) is 0 Å². The Bertz CT molecular complexity index is 305. The minimum Gasteiger partial charge on any atom is -0.388 e. The molecule has 0 saturated carbocycles. The van der Waals surface area contributed by atoms with Crippen molar-refractivity contribution in [1.29, 1.82) is 0 Å². The van der Waals surface area contributed by atoms with E-state index in [0.717, 1.165) is 22.2 Å². The van der Waals surface area contributed by atoms with Crippen molar-refractivity contribution in [3.8, 4) is 0 Å². The van der Waals surface area contributed by atoms with Crippen molar-refractivity contribution in [2.75, 3.05) is 12.3 Å². The smallest absolute Gasteiger partial charge is 0.247 e. The molecule has 1 unspecified atom stereocenters. The van der Waals surface area contributed by atoms with Crippen LogP contribution in [0.3, 0.4) is 0 Å². The Hall–Kier alpha value is -0.650. The van der Waals surface area contributed by atoms with Crippen LogP contribution in [0.25, 0.3) is 0 Å². The van der Waals surface area contributed by atoms with Gasteiger partial charge >= 0.3 is 0 Å². The molecule has 0 radical (unpaired) electrons. The Morgan fingerprint density at radius 1 is 1.25 bits per heavy atom. The lowest BCUT2D eigenvalue weighted by atomic mass is 10.1. The second-order valence-corrected chi connectivity index (χ2v) is 4.46. The Labute approximate surface area is 97.8 Å². The van der Waals surface area contributed by atoms with Crippen LogP contribution in [0.15, 0.2) is 29.2 Å². The van der Waals surface area contributed by atoms with E-state index in [2.05, 4.69) is 0 Å². The summed E-state index contributed by atoms with van der Waals surface area (Å²) in [6.45, 7) is 0.420. The molecule has 5 heteroatoms. The van der Waals surface area contributed by atoms with E-state index < -0.39 is 12.5 Å². The molecule has 2 nitrogen and oxygen atoms in total. The van der Waals surface area contributed by atoms with Gasteiger partial charge in [0.05, 0.1) is 11.9 Å². The van der Waals surface area contributed by atoms with E-state index in [1.54, 1.807) is 24.3 Å². The van der Waals surface area contributed by atoms with Crippen molar-refractivity contribution in [2.45, 2.75) is 23.8 Å². The molecule has 0 spiro atoms. The number of hydrogen-bond acceptors (Lipinski definition) is 3. The van der Waals surface area contributed by atoms with Gasteiger partial charge in [-0.2, -0.15) is 0 Å². The summed E-state index contributed by atoms with van der Waals surface area (Å²) in [6.07, 6.45) is -2.37. The maximum absolute atomic E-state index is 12.0. The quantitative estimate of drug-likeness (QED) is 0.759. The van der Waals surface area contributed by atoms with Gasteiger partial charge in [0, 0.05) is 4.90 Å². The second-order valence-electron chi connectivity index (χ2n) is 3.36. The Morgan fingerprint density at radius 2 is 1.88 bits per heavy atom. The first-order valence-corrected chi connectivity index (χ1v) is 6.01. The Balaban J connectivity index is 2.53. The van der Waals surface area contributed by atoms with Crippen LogP contribution < -0.4 is 5.73 Å². The zero-order valence-electron chi connectivity index (χ0n) is 8.77. The highest BCUT2D eigenvalue weighted by Crippen LogP contribution is 2.23. The molecule has 16 heavy (non-hydrogen) atoms. The van der Waals surface area contributed by atoms with E-state index in [1.165, 1.54) is 0 Å². The molecular weight excluding hydrogens is 232 g/mol. The highest BCUT2D eigenvalue weighted by molar-refractivity contribution is 7.99. The molecule has 0 aliphatic rings. The molecule has 1 atom stereocenters. The summed E-state index contributed by atoms with van der Waals surface area (Å²) >= 11 is 1.11. The number of hydrogen-bond donors (Lipinski definition) is 2. The molecular formula is C11H15F2NOS. The lowest BCUT2D eigenvalue weighted by Gasteiger charge is -2.10. The topological polar surface area (TPSA) is 46.2 Å². The SMILES string of the molecule is NCCC(O)c1ccc(SCC(F)F)cc1. The average molecular weight is 247 g/mol. The van der Waals surface area contributed by atoms with Gasteiger partial charge in [0.1, 0.15) is 0 Å². The summed E-state index contributed by atoms with van der Waals surface area (Å²) < 4.78 is 23.9. The summed E-state index contributed by atoms with van der Waals surface area (Å²) in [5.41, 5.74) is 6.10. The van der Waals surface area contributed by atoms with Crippen LogP contribution in [-0.2, 0) is 0 Å². The van der Waals surface area contributed by atoms with Crippen molar-refractivity contribution in [3.05, 3.63) is 29.8 Å². The second kappa shape index (κ2) is 6.83. The predicted molar refractivity (Wildman–Crippen MR) is 61.8 cm³/mol. The fourth-order valence-electron chi connectivity index (χ4n) is 1.27. The molecule has 0 bridgehead atoms. The molecule has 1 aromatic rings. The van der Waals surface area contributed by atoms with E-state index in [1.807, 2.05) is 0 Å². The van der Waals surface area contributed by atoms with Gasteiger partial charge in [0.25, 0.3) is 0 Å². The highest BCUT2D eigenvalue weighted by Gasteiger charge is 2.07.